The lowest BCUT2D eigenvalue weighted by atomic mass is 10.2. The van der Waals surface area contributed by atoms with Crippen LogP contribution in [-0.4, -0.2) is 20.0 Å². The number of hydrogen-bond donors (Lipinski definition) is 1. The third-order valence-corrected chi connectivity index (χ3v) is 3.75. The van der Waals surface area contributed by atoms with Crippen molar-refractivity contribution in [2.24, 2.45) is 0 Å². The molecule has 2 N–H and O–H groups in total. The molecule has 0 unspecified atom stereocenters. The normalized spacial score (nSPS) is 11.1. The summed E-state index contributed by atoms with van der Waals surface area (Å²) in [5, 5.41) is 12.6. The first-order valence-electron chi connectivity index (χ1n) is 5.95. The summed E-state index contributed by atoms with van der Waals surface area (Å²) in [5.41, 5.74) is 1.69. The van der Waals surface area contributed by atoms with Gasteiger partial charge in [-0.1, -0.05) is 16.9 Å². The van der Waals surface area contributed by atoms with Crippen molar-refractivity contribution in [3.63, 3.8) is 0 Å². The first-order chi connectivity index (χ1) is 9.65. The smallest absolute Gasteiger partial charge is 0.210 e. The second-order valence-electron chi connectivity index (χ2n) is 4.29. The van der Waals surface area contributed by atoms with Crippen molar-refractivity contribution in [1.29, 1.82) is 0 Å². The highest BCUT2D eigenvalue weighted by atomic mass is 32.2. The fraction of sp³-hybridized carbons (Fsp3) is 0.250. The molecule has 3 aromatic rings. The van der Waals surface area contributed by atoms with Crippen LogP contribution in [0.3, 0.4) is 0 Å². The molecule has 0 amide bonds. The van der Waals surface area contributed by atoms with E-state index in [9.17, 15) is 0 Å². The van der Waals surface area contributed by atoms with E-state index in [0.29, 0.717) is 16.7 Å². The van der Waals surface area contributed by atoms with E-state index >= 15 is 0 Å². The Hall–Kier alpha value is -2.22. The molecule has 20 heavy (non-hydrogen) atoms. The van der Waals surface area contributed by atoms with Gasteiger partial charge in [0.15, 0.2) is 5.82 Å². The van der Waals surface area contributed by atoms with Gasteiger partial charge in [-0.3, -0.25) is 0 Å². The van der Waals surface area contributed by atoms with Crippen LogP contribution >= 0.6 is 11.8 Å². The van der Waals surface area contributed by atoms with Gasteiger partial charge in [-0.25, -0.2) is 4.68 Å². The lowest BCUT2D eigenvalue weighted by molar-refractivity contribution is 0.391. The lowest BCUT2D eigenvalue weighted by Gasteiger charge is -2.01. The number of furan rings is 1. The summed E-state index contributed by atoms with van der Waals surface area (Å²) < 4.78 is 11.8. The predicted octanol–water partition coefficient (Wildman–Crippen LogP) is 2.15. The Balaban J connectivity index is 1.79. The molecule has 0 saturated heterocycles. The monoisotopic (exact) mass is 291 g/mol. The molecule has 0 aliphatic carbocycles. The van der Waals surface area contributed by atoms with Gasteiger partial charge in [0.2, 0.25) is 5.16 Å². The van der Waals surface area contributed by atoms with Gasteiger partial charge in [-0.2, -0.15) is 0 Å². The molecule has 0 radical (unpaired) electrons. The van der Waals surface area contributed by atoms with E-state index in [1.54, 1.807) is 6.26 Å². The zero-order chi connectivity index (χ0) is 14.1. The van der Waals surface area contributed by atoms with Crippen LogP contribution in [0, 0.1) is 13.8 Å². The average molecular weight is 291 g/mol. The van der Waals surface area contributed by atoms with E-state index in [0.717, 1.165) is 22.8 Å². The summed E-state index contributed by atoms with van der Waals surface area (Å²) in [6, 6.07) is 3.70. The molecule has 0 saturated carbocycles. The fourth-order valence-electron chi connectivity index (χ4n) is 1.80. The molecule has 0 spiro atoms. The Morgan fingerprint density at radius 3 is 2.85 bits per heavy atom. The number of nitrogen functional groups attached to an aromatic ring is 1. The minimum atomic E-state index is 0.576. The first-order valence-corrected chi connectivity index (χ1v) is 6.93. The van der Waals surface area contributed by atoms with Gasteiger partial charge in [0, 0.05) is 6.07 Å². The highest BCUT2D eigenvalue weighted by Crippen LogP contribution is 2.26. The molecule has 3 aromatic heterocycles. The summed E-state index contributed by atoms with van der Waals surface area (Å²) in [7, 11) is 0. The lowest BCUT2D eigenvalue weighted by Crippen LogP contribution is -2.11. The van der Waals surface area contributed by atoms with Crippen molar-refractivity contribution in [3.8, 4) is 11.4 Å². The van der Waals surface area contributed by atoms with Gasteiger partial charge in [-0.05, 0) is 19.9 Å². The second-order valence-corrected chi connectivity index (χ2v) is 5.23. The van der Waals surface area contributed by atoms with E-state index < -0.39 is 0 Å². The number of thioether (sulfide) groups is 1. The molecule has 7 nitrogen and oxygen atoms in total. The van der Waals surface area contributed by atoms with Crippen molar-refractivity contribution in [3.05, 3.63) is 35.6 Å². The number of hydrogen-bond acceptors (Lipinski definition) is 7. The molecule has 3 rings (SSSR count). The van der Waals surface area contributed by atoms with E-state index in [2.05, 4.69) is 15.4 Å². The second kappa shape index (κ2) is 5.04. The van der Waals surface area contributed by atoms with Gasteiger partial charge in [-0.15, -0.1) is 10.2 Å². The summed E-state index contributed by atoms with van der Waals surface area (Å²) in [4.78, 5) is 0. The van der Waals surface area contributed by atoms with Crippen molar-refractivity contribution in [1.82, 2.24) is 20.0 Å². The Kier molecular flexibility index (Phi) is 3.23. The molecular weight excluding hydrogens is 278 g/mol. The van der Waals surface area contributed by atoms with Crippen molar-refractivity contribution in [2.45, 2.75) is 24.8 Å². The summed E-state index contributed by atoms with van der Waals surface area (Å²) >= 11 is 1.44. The highest BCUT2D eigenvalue weighted by molar-refractivity contribution is 7.98. The highest BCUT2D eigenvalue weighted by Gasteiger charge is 2.16. The zero-order valence-corrected chi connectivity index (χ0v) is 11.8. The van der Waals surface area contributed by atoms with Crippen LogP contribution in [0.25, 0.3) is 11.4 Å². The molecule has 0 aliphatic rings. The van der Waals surface area contributed by atoms with Crippen LogP contribution < -0.4 is 5.84 Å². The Morgan fingerprint density at radius 1 is 1.35 bits per heavy atom. The van der Waals surface area contributed by atoms with Crippen molar-refractivity contribution >= 4 is 11.8 Å². The van der Waals surface area contributed by atoms with Crippen molar-refractivity contribution in [2.75, 3.05) is 5.84 Å². The van der Waals surface area contributed by atoms with Gasteiger partial charge in [0.25, 0.3) is 0 Å². The summed E-state index contributed by atoms with van der Waals surface area (Å²) in [5.74, 6) is 8.72. The predicted molar refractivity (Wildman–Crippen MR) is 73.4 cm³/mol. The standard InChI is InChI=1S/C12H13N5O2S/c1-7-5-9(19-16-7)6-20-12-15-14-11(17(12)13)10-3-4-18-8(10)2/h3-5H,6,13H2,1-2H3. The maximum absolute atomic E-state index is 6.02. The fourth-order valence-corrected chi connectivity index (χ4v) is 2.53. The van der Waals surface area contributed by atoms with Crippen LogP contribution in [0.15, 0.2) is 32.5 Å². The topological polar surface area (TPSA) is 95.9 Å². The van der Waals surface area contributed by atoms with E-state index in [1.807, 2.05) is 26.0 Å². The van der Waals surface area contributed by atoms with Gasteiger partial charge < -0.3 is 14.8 Å². The molecule has 104 valence electrons. The Morgan fingerprint density at radius 2 is 2.20 bits per heavy atom. The molecular formula is C12H13N5O2S. The minimum Gasteiger partial charge on any atom is -0.469 e. The molecule has 0 aliphatic heterocycles. The minimum absolute atomic E-state index is 0.576. The zero-order valence-electron chi connectivity index (χ0n) is 11.0. The van der Waals surface area contributed by atoms with Crippen LogP contribution in [0.2, 0.25) is 0 Å². The summed E-state index contributed by atoms with van der Waals surface area (Å²) in [6.07, 6.45) is 1.60. The van der Waals surface area contributed by atoms with Crippen molar-refractivity contribution < 1.29 is 8.94 Å². The molecule has 0 bridgehead atoms. The van der Waals surface area contributed by atoms with Gasteiger partial charge in [0.05, 0.1) is 23.3 Å². The number of aromatic nitrogens is 4. The number of rotatable bonds is 4. The SMILES string of the molecule is Cc1cc(CSc2nnc(-c3ccoc3C)n2N)on1. The molecule has 3 heterocycles. The van der Waals surface area contributed by atoms with Gasteiger partial charge in [0.1, 0.15) is 11.5 Å². The van der Waals surface area contributed by atoms with Crippen LogP contribution in [0.4, 0.5) is 0 Å². The Labute approximate surface area is 119 Å². The van der Waals surface area contributed by atoms with E-state index in [4.69, 9.17) is 14.8 Å². The quantitative estimate of drug-likeness (QED) is 0.581. The van der Waals surface area contributed by atoms with E-state index in [-0.39, 0.29) is 0 Å². The summed E-state index contributed by atoms with van der Waals surface area (Å²) in [6.45, 7) is 3.73. The average Bonchev–Trinajstić information content (AvgIpc) is 3.10. The maximum atomic E-state index is 6.02. The van der Waals surface area contributed by atoms with E-state index in [1.165, 1.54) is 16.4 Å². The maximum Gasteiger partial charge on any atom is 0.210 e. The third kappa shape index (κ3) is 2.29. The third-order valence-electron chi connectivity index (χ3n) is 2.78. The molecule has 0 fully saturated rings. The van der Waals surface area contributed by atoms with Crippen LogP contribution in [0.5, 0.6) is 0 Å². The van der Waals surface area contributed by atoms with Crippen LogP contribution in [-0.2, 0) is 5.75 Å². The van der Waals surface area contributed by atoms with Crippen LogP contribution in [0.1, 0.15) is 17.2 Å². The number of aryl methyl sites for hydroxylation is 2. The molecule has 0 aromatic carbocycles. The largest absolute Gasteiger partial charge is 0.469 e. The van der Waals surface area contributed by atoms with Gasteiger partial charge >= 0.3 is 0 Å². The number of nitrogens with zero attached hydrogens (tertiary/aromatic N) is 4. The number of nitrogens with two attached hydrogens (primary N) is 1. The molecule has 8 heteroatoms. The Bertz CT molecular complexity index is 730. The first kappa shape index (κ1) is 12.8. The molecule has 0 atom stereocenters.